The van der Waals surface area contributed by atoms with Gasteiger partial charge in [0.15, 0.2) is 0 Å². The number of hydrogen-bond acceptors (Lipinski definition) is 5. The highest BCUT2D eigenvalue weighted by Crippen LogP contribution is 2.29. The number of halogens is 2. The highest BCUT2D eigenvalue weighted by molar-refractivity contribution is 6.43. The zero-order chi connectivity index (χ0) is 20.1. The molecule has 0 bridgehead atoms. The van der Waals surface area contributed by atoms with Crippen LogP contribution in [0.1, 0.15) is 26.7 Å². The molecular formula is C17H24BF2N3O4. The second-order valence-electron chi connectivity index (χ2n) is 7.03. The summed E-state index contributed by atoms with van der Waals surface area (Å²) < 4.78 is 26.9. The molecule has 1 saturated heterocycles. The minimum atomic E-state index is -1.70. The quantitative estimate of drug-likeness (QED) is 0.481. The molecule has 0 aromatic heterocycles. The summed E-state index contributed by atoms with van der Waals surface area (Å²) in [7, 11) is -1.70. The van der Waals surface area contributed by atoms with Gasteiger partial charge in [-0.05, 0) is 30.9 Å². The van der Waals surface area contributed by atoms with Crippen molar-refractivity contribution in [2.24, 2.45) is 5.92 Å². The van der Waals surface area contributed by atoms with Crippen LogP contribution in [0.25, 0.3) is 0 Å². The molecule has 0 saturated carbocycles. The molecule has 4 N–H and O–H groups in total. The van der Waals surface area contributed by atoms with E-state index in [4.69, 9.17) is 0 Å². The second kappa shape index (κ2) is 9.14. The van der Waals surface area contributed by atoms with E-state index in [0.29, 0.717) is 19.4 Å². The average molecular weight is 383 g/mol. The smallest absolute Gasteiger partial charge is 0.426 e. The highest BCUT2D eigenvalue weighted by atomic mass is 19.1. The van der Waals surface area contributed by atoms with Crippen LogP contribution in [0.4, 0.5) is 14.5 Å². The van der Waals surface area contributed by atoms with Gasteiger partial charge in [-0.2, -0.15) is 0 Å². The number of rotatable bonds is 8. The van der Waals surface area contributed by atoms with Gasteiger partial charge in [0.1, 0.15) is 17.7 Å². The fourth-order valence-corrected chi connectivity index (χ4v) is 2.97. The first kappa shape index (κ1) is 21.1. The third kappa shape index (κ3) is 5.64. The molecule has 1 fully saturated rings. The third-order valence-electron chi connectivity index (χ3n) is 4.40. The summed E-state index contributed by atoms with van der Waals surface area (Å²) in [5.74, 6) is -3.15. The van der Waals surface area contributed by atoms with E-state index in [9.17, 15) is 28.4 Å². The van der Waals surface area contributed by atoms with Crippen molar-refractivity contribution in [2.75, 3.05) is 18.0 Å². The van der Waals surface area contributed by atoms with Crippen LogP contribution in [0.2, 0.25) is 0 Å². The molecule has 1 aliphatic heterocycles. The van der Waals surface area contributed by atoms with Gasteiger partial charge in [0.2, 0.25) is 11.8 Å². The normalized spacial score (nSPS) is 17.3. The van der Waals surface area contributed by atoms with Gasteiger partial charge >= 0.3 is 7.12 Å². The van der Waals surface area contributed by atoms with E-state index in [2.05, 4.69) is 10.6 Å². The molecule has 0 aliphatic carbocycles. The summed E-state index contributed by atoms with van der Waals surface area (Å²) in [4.78, 5) is 25.7. The van der Waals surface area contributed by atoms with Gasteiger partial charge in [0.25, 0.3) is 0 Å². The zero-order valence-corrected chi connectivity index (χ0v) is 15.3. The summed E-state index contributed by atoms with van der Waals surface area (Å²) in [6.45, 7) is 3.86. The molecule has 27 heavy (non-hydrogen) atoms. The van der Waals surface area contributed by atoms with Gasteiger partial charge < -0.3 is 25.6 Å². The molecule has 2 amide bonds. The Balaban J connectivity index is 1.87. The lowest BCUT2D eigenvalue weighted by atomic mass is 9.75. The summed E-state index contributed by atoms with van der Waals surface area (Å²) in [6, 6.07) is 2.50. The first-order valence-electron chi connectivity index (χ1n) is 8.84. The molecule has 2 rings (SSSR count). The van der Waals surface area contributed by atoms with Gasteiger partial charge in [0.05, 0.1) is 18.2 Å². The van der Waals surface area contributed by atoms with Crippen molar-refractivity contribution in [3.8, 4) is 0 Å². The molecule has 0 spiro atoms. The van der Waals surface area contributed by atoms with Crippen LogP contribution in [0.3, 0.4) is 0 Å². The number of carbonyl (C=O) groups is 2. The Hall–Kier alpha value is -2.20. The number of carbonyl (C=O) groups excluding carboxylic acids is 2. The SMILES string of the molecule is CC(C)CC(NC(=O)CNC(=O)[C@@H]1CCN1c1ccc(F)cc1F)B(O)O. The topological polar surface area (TPSA) is 102 Å². The van der Waals surface area contributed by atoms with Gasteiger partial charge in [-0.15, -0.1) is 0 Å². The summed E-state index contributed by atoms with van der Waals surface area (Å²) >= 11 is 0. The maximum absolute atomic E-state index is 13.9. The van der Waals surface area contributed by atoms with E-state index >= 15 is 0 Å². The van der Waals surface area contributed by atoms with Crippen LogP contribution in [0.15, 0.2) is 18.2 Å². The maximum Gasteiger partial charge on any atom is 0.475 e. The van der Waals surface area contributed by atoms with Gasteiger partial charge in [-0.3, -0.25) is 9.59 Å². The average Bonchev–Trinajstić information content (AvgIpc) is 2.53. The number of hydrogen-bond donors (Lipinski definition) is 4. The van der Waals surface area contributed by atoms with Crippen molar-refractivity contribution in [2.45, 2.75) is 38.7 Å². The zero-order valence-electron chi connectivity index (χ0n) is 15.3. The lowest BCUT2D eigenvalue weighted by molar-refractivity contribution is -0.127. The molecule has 1 aromatic carbocycles. The largest absolute Gasteiger partial charge is 0.475 e. The molecule has 10 heteroatoms. The van der Waals surface area contributed by atoms with E-state index in [-0.39, 0.29) is 18.2 Å². The van der Waals surface area contributed by atoms with Crippen molar-refractivity contribution in [3.63, 3.8) is 0 Å². The monoisotopic (exact) mass is 383 g/mol. The summed E-state index contributed by atoms with van der Waals surface area (Å²) in [5.41, 5.74) is 0.132. The molecule has 1 heterocycles. The Morgan fingerprint density at radius 3 is 2.56 bits per heavy atom. The number of nitrogens with zero attached hydrogens (tertiary/aromatic N) is 1. The first-order chi connectivity index (χ1) is 12.7. The predicted molar refractivity (Wildman–Crippen MR) is 96.7 cm³/mol. The standard InChI is InChI=1S/C17H24BF2N3O4/c1-10(2)7-15(18(26)27)22-16(24)9-21-17(25)14-5-6-23(14)13-4-3-11(19)8-12(13)20/h3-4,8,10,14-15,26-27H,5-7,9H2,1-2H3,(H,21,25)(H,22,24)/t14-,15?/m0/s1. The second-order valence-corrected chi connectivity index (χ2v) is 7.03. The van der Waals surface area contributed by atoms with E-state index in [0.717, 1.165) is 12.1 Å². The Morgan fingerprint density at radius 1 is 1.33 bits per heavy atom. The van der Waals surface area contributed by atoms with Crippen molar-refractivity contribution in [3.05, 3.63) is 29.8 Å². The van der Waals surface area contributed by atoms with Gasteiger partial charge in [-0.1, -0.05) is 13.8 Å². The van der Waals surface area contributed by atoms with E-state index in [1.54, 1.807) is 0 Å². The van der Waals surface area contributed by atoms with Crippen LogP contribution >= 0.6 is 0 Å². The Bertz CT molecular complexity index is 690. The molecule has 0 radical (unpaired) electrons. The summed E-state index contributed by atoms with van der Waals surface area (Å²) in [5, 5.41) is 23.6. The minimum Gasteiger partial charge on any atom is -0.426 e. The number of anilines is 1. The molecule has 148 valence electrons. The van der Waals surface area contributed by atoms with Gasteiger partial charge in [0, 0.05) is 12.6 Å². The molecule has 1 unspecified atom stereocenters. The molecule has 1 aliphatic rings. The van der Waals surface area contributed by atoms with Crippen LogP contribution < -0.4 is 15.5 Å². The molecule has 7 nitrogen and oxygen atoms in total. The minimum absolute atomic E-state index is 0.132. The Morgan fingerprint density at radius 2 is 2.04 bits per heavy atom. The lowest BCUT2D eigenvalue weighted by Crippen LogP contribution is -2.58. The predicted octanol–water partition coefficient (Wildman–Crippen LogP) is 0.203. The Kier molecular flexibility index (Phi) is 7.15. The molecule has 2 atom stereocenters. The fourth-order valence-electron chi connectivity index (χ4n) is 2.97. The fraction of sp³-hybridized carbons (Fsp3) is 0.529. The van der Waals surface area contributed by atoms with Crippen molar-refractivity contribution < 1.29 is 28.4 Å². The molecule has 1 aromatic rings. The third-order valence-corrected chi connectivity index (χ3v) is 4.40. The number of nitrogens with one attached hydrogen (secondary N) is 2. The van der Waals surface area contributed by atoms with E-state index in [1.165, 1.54) is 11.0 Å². The number of benzene rings is 1. The summed E-state index contributed by atoms with van der Waals surface area (Å²) in [6.07, 6.45) is 0.854. The van der Waals surface area contributed by atoms with Gasteiger partial charge in [-0.25, -0.2) is 8.78 Å². The Labute approximate surface area is 156 Å². The van der Waals surface area contributed by atoms with Crippen LogP contribution in [-0.4, -0.2) is 54.1 Å². The van der Waals surface area contributed by atoms with Crippen LogP contribution in [-0.2, 0) is 9.59 Å². The van der Waals surface area contributed by atoms with E-state index in [1.807, 2.05) is 13.8 Å². The first-order valence-corrected chi connectivity index (χ1v) is 8.84. The molecular weight excluding hydrogens is 359 g/mol. The van der Waals surface area contributed by atoms with Crippen molar-refractivity contribution in [1.82, 2.24) is 10.6 Å². The highest BCUT2D eigenvalue weighted by Gasteiger charge is 2.36. The lowest BCUT2D eigenvalue weighted by Gasteiger charge is -2.41. The van der Waals surface area contributed by atoms with Crippen molar-refractivity contribution >= 4 is 24.6 Å². The van der Waals surface area contributed by atoms with Crippen LogP contribution in [0.5, 0.6) is 0 Å². The van der Waals surface area contributed by atoms with Crippen molar-refractivity contribution in [1.29, 1.82) is 0 Å². The number of amides is 2. The van der Waals surface area contributed by atoms with E-state index < -0.39 is 42.6 Å². The van der Waals surface area contributed by atoms with Crippen LogP contribution in [0, 0.1) is 17.6 Å². The maximum atomic E-state index is 13.9.